The highest BCUT2D eigenvalue weighted by Crippen LogP contribution is 2.39. The number of carbonyl (C=O) groups excluding carboxylic acids is 1. The Kier molecular flexibility index (Phi) is 3.65. The molecule has 1 heterocycles. The highest BCUT2D eigenvalue weighted by Gasteiger charge is 2.27. The van der Waals surface area contributed by atoms with E-state index in [1.165, 1.54) is 0 Å². The van der Waals surface area contributed by atoms with Gasteiger partial charge in [0.05, 0.1) is 5.69 Å². The Bertz CT molecular complexity index is 642. The minimum Gasteiger partial charge on any atom is -0.461 e. The molecular weight excluding hydrogens is 276 g/mol. The van der Waals surface area contributed by atoms with Crippen molar-refractivity contribution in [1.82, 2.24) is 9.97 Å². The predicted molar refractivity (Wildman–Crippen MR) is 75.3 cm³/mol. The van der Waals surface area contributed by atoms with Crippen LogP contribution in [0.2, 0.25) is 5.02 Å². The molecule has 0 aliphatic heterocycles. The Hall–Kier alpha value is -1.94. The first-order valence-electron chi connectivity index (χ1n) is 6.45. The lowest BCUT2D eigenvalue weighted by Gasteiger charge is -2.10. The summed E-state index contributed by atoms with van der Waals surface area (Å²) in [6.45, 7) is 0.557. The van der Waals surface area contributed by atoms with E-state index in [0.29, 0.717) is 23.1 Å². The fourth-order valence-corrected chi connectivity index (χ4v) is 2.34. The van der Waals surface area contributed by atoms with Gasteiger partial charge in [0.15, 0.2) is 0 Å². The van der Waals surface area contributed by atoms with E-state index in [1.807, 2.05) is 24.3 Å². The van der Waals surface area contributed by atoms with E-state index in [0.717, 1.165) is 29.8 Å². The smallest absolute Gasteiger partial charge is 0.293 e. The summed E-state index contributed by atoms with van der Waals surface area (Å²) in [5.74, 6) is 1.27. The lowest BCUT2D eigenvalue weighted by molar-refractivity contribution is -0.129. The molecule has 0 radical (unpaired) electrons. The maximum absolute atomic E-state index is 10.4. The zero-order valence-corrected chi connectivity index (χ0v) is 11.5. The van der Waals surface area contributed by atoms with E-state index in [2.05, 4.69) is 9.97 Å². The summed E-state index contributed by atoms with van der Waals surface area (Å²) in [7, 11) is 0. The van der Waals surface area contributed by atoms with Gasteiger partial charge in [0.1, 0.15) is 12.4 Å². The molecule has 0 spiro atoms. The minimum atomic E-state index is 0.131. The lowest BCUT2D eigenvalue weighted by atomic mass is 10.1. The second-order valence-corrected chi connectivity index (χ2v) is 5.16. The van der Waals surface area contributed by atoms with Gasteiger partial charge in [-0.25, -0.2) is 9.97 Å². The Labute approximate surface area is 121 Å². The van der Waals surface area contributed by atoms with Crippen LogP contribution < -0.4 is 0 Å². The van der Waals surface area contributed by atoms with Crippen LogP contribution in [0.15, 0.2) is 30.5 Å². The minimum absolute atomic E-state index is 0.131. The van der Waals surface area contributed by atoms with Crippen molar-refractivity contribution in [3.63, 3.8) is 0 Å². The molecule has 4 nitrogen and oxygen atoms in total. The number of halogens is 1. The van der Waals surface area contributed by atoms with Crippen LogP contribution in [-0.2, 0) is 16.1 Å². The Balaban J connectivity index is 2.04. The molecule has 1 aliphatic rings. The zero-order valence-electron chi connectivity index (χ0n) is 10.8. The number of carbonyl (C=O) groups is 1. The Morgan fingerprint density at radius 2 is 2.10 bits per heavy atom. The van der Waals surface area contributed by atoms with Gasteiger partial charge in [-0.1, -0.05) is 29.8 Å². The summed E-state index contributed by atoms with van der Waals surface area (Å²) in [5.41, 5.74) is 2.35. The predicted octanol–water partition coefficient (Wildman–Crippen LogP) is 3.35. The van der Waals surface area contributed by atoms with Crippen molar-refractivity contribution in [2.24, 2.45) is 0 Å². The monoisotopic (exact) mass is 288 g/mol. The summed E-state index contributed by atoms with van der Waals surface area (Å²) in [4.78, 5) is 19.4. The number of hydrogen-bond donors (Lipinski definition) is 0. The van der Waals surface area contributed by atoms with Crippen LogP contribution in [-0.4, -0.2) is 16.4 Å². The maximum Gasteiger partial charge on any atom is 0.293 e. The number of aromatic nitrogens is 2. The molecule has 0 N–H and O–H groups in total. The molecule has 1 aliphatic carbocycles. The number of nitrogens with zero attached hydrogens (tertiary/aromatic N) is 2. The third-order valence-corrected chi connectivity index (χ3v) is 3.61. The topological polar surface area (TPSA) is 52.1 Å². The van der Waals surface area contributed by atoms with Crippen molar-refractivity contribution >= 4 is 18.1 Å². The number of ether oxygens (including phenoxy) is 1. The van der Waals surface area contributed by atoms with Gasteiger partial charge in [-0.2, -0.15) is 0 Å². The van der Waals surface area contributed by atoms with E-state index < -0.39 is 0 Å². The van der Waals surface area contributed by atoms with E-state index in [1.54, 1.807) is 6.20 Å². The van der Waals surface area contributed by atoms with Gasteiger partial charge in [-0.05, 0) is 18.9 Å². The standard InChI is InChI=1S/C15H13ClN2O2/c16-13-4-2-1-3-11(13)12-7-17-15(10-5-6-10)18-14(12)8-20-9-19/h1-4,7,9-10H,5-6,8H2. The second-order valence-electron chi connectivity index (χ2n) is 4.75. The van der Waals surface area contributed by atoms with Gasteiger partial charge in [0.2, 0.25) is 0 Å². The first-order chi connectivity index (χ1) is 9.79. The van der Waals surface area contributed by atoms with Crippen LogP contribution in [0.3, 0.4) is 0 Å². The molecule has 1 fully saturated rings. The highest BCUT2D eigenvalue weighted by molar-refractivity contribution is 6.33. The van der Waals surface area contributed by atoms with E-state index >= 15 is 0 Å². The molecule has 0 amide bonds. The lowest BCUT2D eigenvalue weighted by Crippen LogP contribution is -2.03. The maximum atomic E-state index is 10.4. The van der Waals surface area contributed by atoms with E-state index in [4.69, 9.17) is 16.3 Å². The van der Waals surface area contributed by atoms with Gasteiger partial charge in [-0.3, -0.25) is 4.79 Å². The third kappa shape index (κ3) is 2.65. The highest BCUT2D eigenvalue weighted by atomic mass is 35.5. The normalized spacial score (nSPS) is 14.1. The molecule has 0 atom stereocenters. The summed E-state index contributed by atoms with van der Waals surface area (Å²) in [6, 6.07) is 7.49. The first-order valence-corrected chi connectivity index (χ1v) is 6.83. The van der Waals surface area contributed by atoms with Crippen molar-refractivity contribution in [2.75, 3.05) is 0 Å². The molecule has 0 bridgehead atoms. The molecule has 1 aromatic carbocycles. The summed E-state index contributed by atoms with van der Waals surface area (Å²) in [5, 5.41) is 0.627. The zero-order chi connectivity index (χ0) is 13.9. The van der Waals surface area contributed by atoms with Gasteiger partial charge < -0.3 is 4.74 Å². The largest absolute Gasteiger partial charge is 0.461 e. The molecule has 0 saturated heterocycles. The van der Waals surface area contributed by atoms with Crippen LogP contribution in [0.25, 0.3) is 11.1 Å². The molecular formula is C15H13ClN2O2. The summed E-state index contributed by atoms with van der Waals surface area (Å²) < 4.78 is 4.86. The molecule has 2 aromatic rings. The van der Waals surface area contributed by atoms with E-state index in [-0.39, 0.29) is 6.61 Å². The summed E-state index contributed by atoms with van der Waals surface area (Å²) in [6.07, 6.45) is 4.02. The molecule has 1 aromatic heterocycles. The fraction of sp³-hybridized carbons (Fsp3) is 0.267. The van der Waals surface area contributed by atoms with Crippen molar-refractivity contribution < 1.29 is 9.53 Å². The van der Waals surface area contributed by atoms with Crippen LogP contribution in [0, 0.1) is 0 Å². The number of rotatable bonds is 5. The SMILES string of the molecule is O=COCc1nc(C2CC2)ncc1-c1ccccc1Cl. The van der Waals surface area contributed by atoms with Crippen LogP contribution >= 0.6 is 11.6 Å². The van der Waals surface area contributed by atoms with Gasteiger partial charge in [0, 0.05) is 28.3 Å². The third-order valence-electron chi connectivity index (χ3n) is 3.28. The fourth-order valence-electron chi connectivity index (χ4n) is 2.10. The van der Waals surface area contributed by atoms with Gasteiger partial charge in [-0.15, -0.1) is 0 Å². The van der Waals surface area contributed by atoms with Gasteiger partial charge >= 0.3 is 0 Å². The van der Waals surface area contributed by atoms with Crippen molar-refractivity contribution in [1.29, 1.82) is 0 Å². The quantitative estimate of drug-likeness (QED) is 0.792. The van der Waals surface area contributed by atoms with E-state index in [9.17, 15) is 4.79 Å². The first kappa shape index (κ1) is 13.1. The molecule has 102 valence electrons. The molecule has 1 saturated carbocycles. The molecule has 0 unspecified atom stereocenters. The summed E-state index contributed by atoms with van der Waals surface area (Å²) >= 11 is 6.21. The second kappa shape index (κ2) is 5.59. The van der Waals surface area contributed by atoms with Crippen molar-refractivity contribution in [3.8, 4) is 11.1 Å². The van der Waals surface area contributed by atoms with Crippen LogP contribution in [0.5, 0.6) is 0 Å². The van der Waals surface area contributed by atoms with Gasteiger partial charge in [0.25, 0.3) is 6.47 Å². The number of benzene rings is 1. The Morgan fingerprint density at radius 1 is 1.30 bits per heavy atom. The van der Waals surface area contributed by atoms with Crippen molar-refractivity contribution in [2.45, 2.75) is 25.4 Å². The molecule has 3 rings (SSSR count). The van der Waals surface area contributed by atoms with Crippen molar-refractivity contribution in [3.05, 3.63) is 47.0 Å². The van der Waals surface area contributed by atoms with Crippen LogP contribution in [0.4, 0.5) is 0 Å². The molecule has 20 heavy (non-hydrogen) atoms. The average Bonchev–Trinajstić information content (AvgIpc) is 3.30. The molecule has 5 heteroatoms. The van der Waals surface area contributed by atoms with Crippen LogP contribution in [0.1, 0.15) is 30.3 Å². The number of hydrogen-bond acceptors (Lipinski definition) is 4. The average molecular weight is 289 g/mol. The Morgan fingerprint density at radius 3 is 2.80 bits per heavy atom.